The molecule has 0 saturated carbocycles. The summed E-state index contributed by atoms with van der Waals surface area (Å²) in [5.41, 5.74) is 0. The van der Waals surface area contributed by atoms with Crippen LogP contribution in [-0.2, 0) is 19.1 Å². The van der Waals surface area contributed by atoms with E-state index in [0.717, 1.165) is 0 Å². The maximum atomic E-state index is 11.2. The van der Waals surface area contributed by atoms with Gasteiger partial charge in [-0.25, -0.2) is 0 Å². The van der Waals surface area contributed by atoms with Crippen molar-refractivity contribution in [3.8, 4) is 0 Å². The second-order valence-corrected chi connectivity index (χ2v) is 2.64. The first-order valence-electron chi connectivity index (χ1n) is 3.65. The number of amides is 2. The van der Waals surface area contributed by atoms with Gasteiger partial charge >= 0.3 is 5.97 Å². The van der Waals surface area contributed by atoms with E-state index in [9.17, 15) is 14.4 Å². The molecule has 1 heterocycles. The van der Waals surface area contributed by atoms with Crippen LogP contribution in [0.5, 0.6) is 0 Å². The topological polar surface area (TPSA) is 83.9 Å². The van der Waals surface area contributed by atoms with E-state index in [1.165, 1.54) is 7.11 Å². The third-order valence-electron chi connectivity index (χ3n) is 1.78. The Morgan fingerprint density at radius 3 is 2.69 bits per heavy atom. The molecule has 72 valence electrons. The van der Waals surface area contributed by atoms with Gasteiger partial charge in [0.2, 0.25) is 5.91 Å². The maximum absolute atomic E-state index is 11.2. The van der Waals surface area contributed by atoms with Gasteiger partial charge in [-0.15, -0.1) is 0 Å². The minimum Gasteiger partial charge on any atom is -0.480 e. The standard InChI is InChI=1S/C7H9NO5/c1-13-4-2-5(9)8(7(4)12)3-6(10)11/h4H,2-3H2,1H3,(H,10,11)/t4-/m1/s1. The summed E-state index contributed by atoms with van der Waals surface area (Å²) in [6.45, 7) is -0.586. The Morgan fingerprint density at radius 1 is 1.69 bits per heavy atom. The number of rotatable bonds is 3. The molecule has 0 aromatic rings. The number of ether oxygens (including phenoxy) is 1. The molecule has 1 fully saturated rings. The quantitative estimate of drug-likeness (QED) is 0.563. The molecule has 1 N–H and O–H groups in total. The molecule has 6 nitrogen and oxygen atoms in total. The van der Waals surface area contributed by atoms with Gasteiger partial charge in [-0.05, 0) is 0 Å². The molecule has 1 saturated heterocycles. The summed E-state index contributed by atoms with van der Waals surface area (Å²) in [7, 11) is 1.31. The third kappa shape index (κ3) is 1.83. The van der Waals surface area contributed by atoms with Crippen molar-refractivity contribution in [2.75, 3.05) is 13.7 Å². The van der Waals surface area contributed by atoms with Gasteiger partial charge in [0.05, 0.1) is 6.42 Å². The zero-order valence-corrected chi connectivity index (χ0v) is 7.02. The van der Waals surface area contributed by atoms with Crippen molar-refractivity contribution in [1.82, 2.24) is 4.90 Å². The van der Waals surface area contributed by atoms with Crippen LogP contribution in [0.2, 0.25) is 0 Å². The molecule has 1 aliphatic rings. The largest absolute Gasteiger partial charge is 0.480 e. The van der Waals surface area contributed by atoms with Crippen LogP contribution in [0.25, 0.3) is 0 Å². The second-order valence-electron chi connectivity index (χ2n) is 2.64. The lowest BCUT2D eigenvalue weighted by atomic mass is 10.3. The molecule has 0 aromatic carbocycles. The Labute approximate surface area is 74.1 Å². The number of nitrogens with zero attached hydrogens (tertiary/aromatic N) is 1. The van der Waals surface area contributed by atoms with E-state index < -0.39 is 30.4 Å². The zero-order valence-electron chi connectivity index (χ0n) is 7.02. The number of carbonyl (C=O) groups excluding carboxylic acids is 2. The molecular weight excluding hydrogens is 178 g/mol. The van der Waals surface area contributed by atoms with Crippen LogP contribution in [0, 0.1) is 0 Å². The highest BCUT2D eigenvalue weighted by Crippen LogP contribution is 2.14. The van der Waals surface area contributed by atoms with Crippen molar-refractivity contribution >= 4 is 17.8 Å². The predicted octanol–water partition coefficient (Wildman–Crippen LogP) is -1.16. The van der Waals surface area contributed by atoms with Gasteiger partial charge in [-0.1, -0.05) is 0 Å². The number of hydrogen-bond donors (Lipinski definition) is 1. The molecule has 1 rings (SSSR count). The fourth-order valence-corrected chi connectivity index (χ4v) is 1.14. The van der Waals surface area contributed by atoms with Gasteiger partial charge in [-0.2, -0.15) is 0 Å². The van der Waals surface area contributed by atoms with E-state index in [1.807, 2.05) is 0 Å². The van der Waals surface area contributed by atoms with Gasteiger partial charge in [-0.3, -0.25) is 19.3 Å². The number of aliphatic carboxylic acids is 1. The minimum atomic E-state index is -1.21. The van der Waals surface area contributed by atoms with Gasteiger partial charge in [0.25, 0.3) is 5.91 Å². The Balaban J connectivity index is 2.70. The van der Waals surface area contributed by atoms with E-state index >= 15 is 0 Å². The van der Waals surface area contributed by atoms with E-state index in [-0.39, 0.29) is 6.42 Å². The summed E-state index contributed by atoms with van der Waals surface area (Å²) in [4.78, 5) is 33.2. The molecule has 13 heavy (non-hydrogen) atoms. The lowest BCUT2D eigenvalue weighted by molar-refractivity contribution is -0.150. The van der Waals surface area contributed by atoms with Crippen molar-refractivity contribution in [1.29, 1.82) is 0 Å². The molecule has 0 unspecified atom stereocenters. The van der Waals surface area contributed by atoms with Gasteiger partial charge in [0, 0.05) is 7.11 Å². The number of carboxylic acids is 1. The lowest BCUT2D eigenvalue weighted by Gasteiger charge is -2.10. The first-order chi connectivity index (χ1) is 6.06. The number of hydrogen-bond acceptors (Lipinski definition) is 4. The summed E-state index contributed by atoms with van der Waals surface area (Å²) >= 11 is 0. The highest BCUT2D eigenvalue weighted by atomic mass is 16.5. The predicted molar refractivity (Wildman–Crippen MR) is 39.8 cm³/mol. The summed E-state index contributed by atoms with van der Waals surface area (Å²) in [6, 6.07) is 0. The second kappa shape index (κ2) is 3.53. The number of likely N-dealkylation sites (tertiary alicyclic amines) is 1. The molecule has 0 bridgehead atoms. The van der Waals surface area contributed by atoms with Crippen molar-refractivity contribution in [3.05, 3.63) is 0 Å². The molecule has 0 spiro atoms. The van der Waals surface area contributed by atoms with Crippen molar-refractivity contribution in [3.63, 3.8) is 0 Å². The van der Waals surface area contributed by atoms with Gasteiger partial charge in [0.15, 0.2) is 0 Å². The van der Waals surface area contributed by atoms with Crippen LogP contribution in [-0.4, -0.2) is 47.5 Å². The van der Waals surface area contributed by atoms with E-state index in [2.05, 4.69) is 0 Å². The SMILES string of the molecule is CO[C@@H]1CC(=O)N(CC(=O)O)C1=O. The van der Waals surface area contributed by atoms with Crippen LogP contribution >= 0.6 is 0 Å². The van der Waals surface area contributed by atoms with Crippen LogP contribution < -0.4 is 0 Å². The summed E-state index contributed by atoms with van der Waals surface area (Å²) in [5, 5.41) is 8.38. The number of methoxy groups -OCH3 is 1. The van der Waals surface area contributed by atoms with Crippen LogP contribution in [0.3, 0.4) is 0 Å². The summed E-state index contributed by atoms with van der Waals surface area (Å²) in [6.07, 6.45) is -0.880. The zero-order chi connectivity index (χ0) is 10.0. The number of carboxylic acid groups (broad SMARTS) is 1. The van der Waals surface area contributed by atoms with Gasteiger partial charge in [0.1, 0.15) is 12.6 Å². The van der Waals surface area contributed by atoms with Crippen LogP contribution in [0.1, 0.15) is 6.42 Å². The highest BCUT2D eigenvalue weighted by molar-refractivity contribution is 6.06. The fourth-order valence-electron chi connectivity index (χ4n) is 1.14. The van der Waals surface area contributed by atoms with Crippen molar-refractivity contribution in [2.24, 2.45) is 0 Å². The number of carbonyl (C=O) groups is 3. The Morgan fingerprint density at radius 2 is 2.31 bits per heavy atom. The van der Waals surface area contributed by atoms with E-state index in [1.54, 1.807) is 0 Å². The molecule has 1 aliphatic heterocycles. The Bertz CT molecular complexity index is 262. The first-order valence-corrected chi connectivity index (χ1v) is 3.65. The van der Waals surface area contributed by atoms with Crippen LogP contribution in [0.15, 0.2) is 0 Å². The fraction of sp³-hybridized carbons (Fsp3) is 0.571. The average molecular weight is 187 g/mol. The number of imide groups is 1. The molecule has 0 aliphatic carbocycles. The average Bonchev–Trinajstić information content (AvgIpc) is 2.31. The first kappa shape index (κ1) is 9.66. The molecule has 2 amide bonds. The molecule has 1 atom stereocenters. The van der Waals surface area contributed by atoms with Crippen molar-refractivity contribution < 1.29 is 24.2 Å². The molecule has 6 heteroatoms. The Hall–Kier alpha value is -1.43. The molecule has 0 radical (unpaired) electrons. The highest BCUT2D eigenvalue weighted by Gasteiger charge is 2.39. The minimum absolute atomic E-state index is 0.0669. The summed E-state index contributed by atoms with van der Waals surface area (Å²) < 4.78 is 4.70. The third-order valence-corrected chi connectivity index (χ3v) is 1.78. The monoisotopic (exact) mass is 187 g/mol. The normalized spacial score (nSPS) is 22.5. The smallest absolute Gasteiger partial charge is 0.323 e. The summed E-state index contributed by atoms with van der Waals surface area (Å²) in [5.74, 6) is -2.28. The Kier molecular flexibility index (Phi) is 2.62. The van der Waals surface area contributed by atoms with E-state index in [0.29, 0.717) is 4.90 Å². The van der Waals surface area contributed by atoms with E-state index in [4.69, 9.17) is 9.84 Å². The molecular formula is C7H9NO5. The van der Waals surface area contributed by atoms with Crippen molar-refractivity contribution in [2.45, 2.75) is 12.5 Å². The molecule has 0 aromatic heterocycles. The van der Waals surface area contributed by atoms with Gasteiger partial charge < -0.3 is 9.84 Å². The lowest BCUT2D eigenvalue weighted by Crippen LogP contribution is -2.36. The maximum Gasteiger partial charge on any atom is 0.323 e. The van der Waals surface area contributed by atoms with Crippen LogP contribution in [0.4, 0.5) is 0 Å².